The Morgan fingerprint density at radius 3 is 2.42 bits per heavy atom. The monoisotopic (exact) mass is 314 g/mol. The second-order valence-electron chi connectivity index (χ2n) is 4.18. The number of nitrogens with zero attached hydrogens (tertiary/aromatic N) is 1. The third kappa shape index (κ3) is 2.04. The summed E-state index contributed by atoms with van der Waals surface area (Å²) in [6.07, 6.45) is 0. The lowest BCUT2D eigenvalue weighted by Crippen LogP contribution is -2.16. The highest BCUT2D eigenvalue weighted by atomic mass is 79.9. The Hall–Kier alpha value is -2.07. The Bertz CT molecular complexity index is 734. The predicted molar refractivity (Wildman–Crippen MR) is 79.7 cm³/mol. The summed E-state index contributed by atoms with van der Waals surface area (Å²) in [5, 5.41) is 1.04. The number of para-hydroxylation sites is 2. The molecule has 0 aliphatic heterocycles. The van der Waals surface area contributed by atoms with E-state index in [0.29, 0.717) is 5.69 Å². The molecule has 0 saturated heterocycles. The van der Waals surface area contributed by atoms with Gasteiger partial charge in [-0.15, -0.1) is 0 Å². The summed E-state index contributed by atoms with van der Waals surface area (Å²) in [6.45, 7) is 0. The minimum absolute atomic E-state index is 0.167. The molecule has 0 fully saturated rings. The predicted octanol–water partition coefficient (Wildman–Crippen LogP) is 3.67. The van der Waals surface area contributed by atoms with Gasteiger partial charge in [0.05, 0.1) is 5.52 Å². The Kier molecular flexibility index (Phi) is 3.09. The quantitative estimate of drug-likeness (QED) is 0.719. The zero-order valence-electron chi connectivity index (χ0n) is 10.0. The van der Waals surface area contributed by atoms with E-state index in [9.17, 15) is 4.79 Å². The fraction of sp³-hybridized carbons (Fsp3) is 0. The Labute approximate surface area is 119 Å². The molecule has 1 aromatic heterocycles. The summed E-state index contributed by atoms with van der Waals surface area (Å²) in [5.41, 5.74) is 2.58. The number of hydrogen-bond acceptors (Lipinski definition) is 1. The van der Waals surface area contributed by atoms with Crippen molar-refractivity contribution in [3.05, 3.63) is 66.4 Å². The number of nitrogens with one attached hydrogen (secondary N) is 1. The number of aromatic nitrogens is 1. The largest absolute Gasteiger partial charge is 0.305 e. The molecule has 2 aromatic carbocycles. The van der Waals surface area contributed by atoms with E-state index in [2.05, 4.69) is 20.5 Å². The van der Waals surface area contributed by atoms with Crippen LogP contribution in [-0.2, 0) is 0 Å². The number of carbonyl (C=O) groups excluding carboxylic acids is 1. The maximum absolute atomic E-state index is 12.0. The number of amides is 1. The first-order chi connectivity index (χ1) is 9.31. The van der Waals surface area contributed by atoms with Gasteiger partial charge in [-0.2, -0.15) is 0 Å². The summed E-state index contributed by atoms with van der Waals surface area (Å²) < 4.78 is 4.46. The average molecular weight is 315 g/mol. The van der Waals surface area contributed by atoms with Crippen LogP contribution in [0.4, 0.5) is 0 Å². The van der Waals surface area contributed by atoms with Crippen molar-refractivity contribution < 1.29 is 4.79 Å². The Morgan fingerprint density at radius 2 is 1.68 bits per heavy atom. The highest BCUT2D eigenvalue weighted by Crippen LogP contribution is 2.24. The van der Waals surface area contributed by atoms with Gasteiger partial charge in [0.2, 0.25) is 0 Å². The number of fused-ring (bicyclic) bond motifs is 1. The average Bonchev–Trinajstić information content (AvgIpc) is 2.86. The van der Waals surface area contributed by atoms with E-state index < -0.39 is 0 Å². The lowest BCUT2D eigenvalue weighted by atomic mass is 10.2. The van der Waals surface area contributed by atoms with E-state index in [1.807, 2.05) is 65.2 Å². The van der Waals surface area contributed by atoms with Gasteiger partial charge in [0, 0.05) is 27.2 Å². The molecule has 0 aliphatic rings. The molecule has 1 heterocycles. The second kappa shape index (κ2) is 4.90. The maximum Gasteiger partial charge on any atom is 0.278 e. The van der Waals surface area contributed by atoms with Crippen LogP contribution in [0.2, 0.25) is 0 Å². The van der Waals surface area contributed by atoms with Crippen LogP contribution in [0.5, 0.6) is 0 Å². The van der Waals surface area contributed by atoms with Crippen molar-refractivity contribution in [3.8, 4) is 5.69 Å². The number of hydrogen-bond donors (Lipinski definition) is 1. The molecule has 0 unspecified atom stereocenters. The van der Waals surface area contributed by atoms with Gasteiger partial charge >= 0.3 is 0 Å². The van der Waals surface area contributed by atoms with Crippen LogP contribution in [0.3, 0.4) is 0 Å². The zero-order valence-corrected chi connectivity index (χ0v) is 11.6. The molecular formula is C15H11BrN2O. The molecule has 0 aliphatic carbocycles. The minimum Gasteiger partial charge on any atom is -0.305 e. The molecule has 0 saturated carbocycles. The standard InChI is InChI=1S/C15H11BrN2O/c16-17-15(19)14-10-11-6-4-5-9-13(11)18(14)12-7-2-1-3-8-12/h1-10H,(H,17,19). The number of benzene rings is 2. The molecule has 3 nitrogen and oxygen atoms in total. The first-order valence-electron chi connectivity index (χ1n) is 5.88. The summed E-state index contributed by atoms with van der Waals surface area (Å²) >= 11 is 3.00. The molecule has 3 aromatic rings. The van der Waals surface area contributed by atoms with Gasteiger partial charge in [0.15, 0.2) is 0 Å². The van der Waals surface area contributed by atoms with Crippen molar-refractivity contribution in [1.82, 2.24) is 8.91 Å². The van der Waals surface area contributed by atoms with Crippen molar-refractivity contribution >= 4 is 33.0 Å². The van der Waals surface area contributed by atoms with Gasteiger partial charge in [-0.3, -0.25) is 9.14 Å². The summed E-state index contributed by atoms with van der Waals surface area (Å²) in [6, 6.07) is 19.7. The van der Waals surface area contributed by atoms with Gasteiger partial charge in [-0.1, -0.05) is 36.4 Å². The van der Waals surface area contributed by atoms with Crippen LogP contribution in [0.15, 0.2) is 60.7 Å². The molecule has 0 radical (unpaired) electrons. The van der Waals surface area contributed by atoms with Crippen LogP contribution in [0.25, 0.3) is 16.6 Å². The second-order valence-corrected chi connectivity index (χ2v) is 4.58. The summed E-state index contributed by atoms with van der Waals surface area (Å²) in [5.74, 6) is -0.167. The Balaban J connectivity index is 2.34. The fourth-order valence-corrected chi connectivity index (χ4v) is 2.43. The molecule has 3 rings (SSSR count). The maximum atomic E-state index is 12.0. The third-order valence-corrected chi connectivity index (χ3v) is 3.40. The highest BCUT2D eigenvalue weighted by Gasteiger charge is 2.15. The van der Waals surface area contributed by atoms with Crippen molar-refractivity contribution in [2.45, 2.75) is 0 Å². The molecule has 1 amide bonds. The van der Waals surface area contributed by atoms with Crippen molar-refractivity contribution in [2.24, 2.45) is 0 Å². The molecule has 1 N–H and O–H groups in total. The molecule has 0 bridgehead atoms. The molecule has 0 atom stereocenters. The van der Waals surface area contributed by atoms with E-state index in [0.717, 1.165) is 16.6 Å². The van der Waals surface area contributed by atoms with E-state index in [4.69, 9.17) is 0 Å². The van der Waals surface area contributed by atoms with Gasteiger partial charge < -0.3 is 4.57 Å². The highest BCUT2D eigenvalue weighted by molar-refractivity contribution is 9.08. The van der Waals surface area contributed by atoms with Crippen LogP contribution < -0.4 is 4.34 Å². The summed E-state index contributed by atoms with van der Waals surface area (Å²) in [7, 11) is 0. The van der Waals surface area contributed by atoms with Crippen LogP contribution >= 0.6 is 16.1 Å². The topological polar surface area (TPSA) is 34.0 Å². The SMILES string of the molecule is O=C(NBr)c1cc2ccccc2n1-c1ccccc1. The van der Waals surface area contributed by atoms with Crippen LogP contribution in [0, 0.1) is 0 Å². The molecule has 19 heavy (non-hydrogen) atoms. The lowest BCUT2D eigenvalue weighted by Gasteiger charge is -2.09. The number of halogens is 1. The van der Waals surface area contributed by atoms with E-state index >= 15 is 0 Å². The number of carbonyl (C=O) groups is 1. The molecular weight excluding hydrogens is 304 g/mol. The molecule has 4 heteroatoms. The van der Waals surface area contributed by atoms with Gasteiger partial charge in [0.1, 0.15) is 5.69 Å². The first kappa shape index (κ1) is 12.0. The van der Waals surface area contributed by atoms with Crippen molar-refractivity contribution in [3.63, 3.8) is 0 Å². The van der Waals surface area contributed by atoms with Crippen LogP contribution in [0.1, 0.15) is 10.5 Å². The van der Waals surface area contributed by atoms with Gasteiger partial charge in [-0.25, -0.2) is 0 Å². The normalized spacial score (nSPS) is 10.6. The molecule has 94 valence electrons. The first-order valence-corrected chi connectivity index (χ1v) is 6.67. The van der Waals surface area contributed by atoms with Crippen molar-refractivity contribution in [2.75, 3.05) is 0 Å². The Morgan fingerprint density at radius 1 is 1.00 bits per heavy atom. The van der Waals surface area contributed by atoms with Gasteiger partial charge in [0.25, 0.3) is 5.91 Å². The number of rotatable bonds is 2. The van der Waals surface area contributed by atoms with E-state index in [-0.39, 0.29) is 5.91 Å². The van der Waals surface area contributed by atoms with Gasteiger partial charge in [-0.05, 0) is 24.3 Å². The fourth-order valence-electron chi connectivity index (χ4n) is 2.23. The lowest BCUT2D eigenvalue weighted by molar-refractivity contribution is 0.0980. The minimum atomic E-state index is -0.167. The zero-order chi connectivity index (χ0) is 13.2. The van der Waals surface area contributed by atoms with E-state index in [1.165, 1.54) is 0 Å². The molecule has 0 spiro atoms. The summed E-state index contributed by atoms with van der Waals surface area (Å²) in [4.78, 5) is 12.0. The third-order valence-electron chi connectivity index (χ3n) is 3.04. The smallest absolute Gasteiger partial charge is 0.278 e. The van der Waals surface area contributed by atoms with Crippen LogP contribution in [-0.4, -0.2) is 10.5 Å². The van der Waals surface area contributed by atoms with Crippen molar-refractivity contribution in [1.29, 1.82) is 0 Å². The van der Waals surface area contributed by atoms with E-state index in [1.54, 1.807) is 0 Å².